The zero-order valence-corrected chi connectivity index (χ0v) is 11.3. The van der Waals surface area contributed by atoms with Crippen molar-refractivity contribution in [3.8, 4) is 6.07 Å². The maximum Gasteiger partial charge on any atom is 0.0627 e. The van der Waals surface area contributed by atoms with Gasteiger partial charge in [-0.05, 0) is 29.4 Å². The molecule has 2 aromatic rings. The van der Waals surface area contributed by atoms with Crippen LogP contribution in [0.15, 0.2) is 60.7 Å². The van der Waals surface area contributed by atoms with E-state index >= 15 is 0 Å². The summed E-state index contributed by atoms with van der Waals surface area (Å²) in [6.07, 6.45) is 2.46. The van der Waals surface area contributed by atoms with Gasteiger partial charge in [-0.15, -0.1) is 0 Å². The van der Waals surface area contributed by atoms with Crippen molar-refractivity contribution in [1.82, 2.24) is 0 Å². The Morgan fingerprint density at radius 3 is 1.63 bits per heavy atom. The molecule has 0 aromatic heterocycles. The molecule has 0 bridgehead atoms. The zero-order valence-electron chi connectivity index (χ0n) is 11.3. The zero-order chi connectivity index (χ0) is 13.6. The molecule has 0 saturated carbocycles. The number of nitrogens with zero attached hydrogens (tertiary/aromatic N) is 1. The highest BCUT2D eigenvalue weighted by Gasteiger charge is 2.25. The fraction of sp³-hybridized carbons (Fsp3) is 0.278. The van der Waals surface area contributed by atoms with E-state index in [0.717, 1.165) is 12.8 Å². The first kappa shape index (κ1) is 13.4. The highest BCUT2D eigenvalue weighted by atomic mass is 14.3. The summed E-state index contributed by atoms with van der Waals surface area (Å²) in [5.74, 6) is 0. The normalized spacial score (nSPS) is 10.9. The Balaban J connectivity index is 2.16. The molecule has 2 aromatic carbocycles. The van der Waals surface area contributed by atoms with Crippen molar-refractivity contribution in [2.75, 3.05) is 0 Å². The second-order valence-electron chi connectivity index (χ2n) is 5.47. The molecule has 0 unspecified atom stereocenters. The van der Waals surface area contributed by atoms with Gasteiger partial charge in [-0.1, -0.05) is 67.6 Å². The van der Waals surface area contributed by atoms with Crippen LogP contribution in [-0.2, 0) is 12.8 Å². The topological polar surface area (TPSA) is 23.8 Å². The average molecular weight is 249 g/mol. The van der Waals surface area contributed by atoms with Gasteiger partial charge in [0.05, 0.1) is 6.07 Å². The van der Waals surface area contributed by atoms with Crippen LogP contribution in [0.2, 0.25) is 0 Å². The second-order valence-corrected chi connectivity index (χ2v) is 5.47. The van der Waals surface area contributed by atoms with Gasteiger partial charge in [-0.2, -0.15) is 5.26 Å². The Morgan fingerprint density at radius 1 is 0.842 bits per heavy atom. The molecule has 0 atom stereocenters. The Hall–Kier alpha value is -2.07. The van der Waals surface area contributed by atoms with Crippen LogP contribution in [0.5, 0.6) is 0 Å². The summed E-state index contributed by atoms with van der Waals surface area (Å²) in [6.45, 7) is 2.20. The molecule has 0 N–H and O–H groups in total. The molecular formula is C18H19N. The van der Waals surface area contributed by atoms with E-state index in [1.54, 1.807) is 0 Å². The number of nitriles is 1. The smallest absolute Gasteiger partial charge is 0.0627 e. The van der Waals surface area contributed by atoms with Crippen LogP contribution in [0, 0.1) is 16.7 Å². The van der Waals surface area contributed by atoms with E-state index in [-0.39, 0.29) is 5.41 Å². The van der Waals surface area contributed by atoms with Crippen LogP contribution < -0.4 is 0 Å². The van der Waals surface area contributed by atoms with Crippen LogP contribution in [0.25, 0.3) is 0 Å². The fourth-order valence-corrected chi connectivity index (χ4v) is 2.56. The summed E-state index contributed by atoms with van der Waals surface area (Å²) in [6, 6.07) is 23.2. The first-order chi connectivity index (χ1) is 9.22. The van der Waals surface area contributed by atoms with Gasteiger partial charge in [-0.3, -0.25) is 0 Å². The standard InChI is InChI=1S/C18H19N/c1-18(12-13-19,14-16-8-4-2-5-9-16)15-17-10-6-3-7-11-17/h2-11H,12,14-15H2,1H3. The lowest BCUT2D eigenvalue weighted by Crippen LogP contribution is -2.22. The molecule has 0 saturated heterocycles. The van der Waals surface area contributed by atoms with E-state index in [1.807, 2.05) is 12.1 Å². The molecule has 0 heterocycles. The molecule has 0 aliphatic rings. The summed E-state index contributed by atoms with van der Waals surface area (Å²) < 4.78 is 0. The first-order valence-electron chi connectivity index (χ1n) is 6.67. The Labute approximate surface area is 115 Å². The highest BCUT2D eigenvalue weighted by molar-refractivity contribution is 5.21. The van der Waals surface area contributed by atoms with Gasteiger partial charge >= 0.3 is 0 Å². The van der Waals surface area contributed by atoms with Crippen molar-refractivity contribution in [3.05, 3.63) is 71.8 Å². The van der Waals surface area contributed by atoms with Crippen molar-refractivity contribution >= 4 is 0 Å². The van der Waals surface area contributed by atoms with Gasteiger partial charge in [-0.25, -0.2) is 0 Å². The highest BCUT2D eigenvalue weighted by Crippen LogP contribution is 2.30. The molecular weight excluding hydrogens is 230 g/mol. The number of hydrogen-bond donors (Lipinski definition) is 0. The molecule has 19 heavy (non-hydrogen) atoms. The van der Waals surface area contributed by atoms with Crippen molar-refractivity contribution in [1.29, 1.82) is 5.26 Å². The van der Waals surface area contributed by atoms with Gasteiger partial charge in [0.15, 0.2) is 0 Å². The molecule has 0 aliphatic heterocycles. The molecule has 2 rings (SSSR count). The fourth-order valence-electron chi connectivity index (χ4n) is 2.56. The van der Waals surface area contributed by atoms with Crippen LogP contribution >= 0.6 is 0 Å². The van der Waals surface area contributed by atoms with Gasteiger partial charge in [0.25, 0.3) is 0 Å². The number of rotatable bonds is 5. The van der Waals surface area contributed by atoms with E-state index in [4.69, 9.17) is 5.26 Å². The molecule has 1 nitrogen and oxygen atoms in total. The van der Waals surface area contributed by atoms with Crippen molar-refractivity contribution < 1.29 is 0 Å². The van der Waals surface area contributed by atoms with Crippen LogP contribution in [0.4, 0.5) is 0 Å². The Morgan fingerprint density at radius 2 is 1.26 bits per heavy atom. The minimum atomic E-state index is -0.00252. The molecule has 0 fully saturated rings. The van der Waals surface area contributed by atoms with Gasteiger partial charge in [0.1, 0.15) is 0 Å². The van der Waals surface area contributed by atoms with E-state index in [9.17, 15) is 0 Å². The summed E-state index contributed by atoms with van der Waals surface area (Å²) >= 11 is 0. The van der Waals surface area contributed by atoms with E-state index < -0.39 is 0 Å². The molecule has 0 amide bonds. The molecule has 96 valence electrons. The predicted octanol–water partition coefficient (Wildman–Crippen LogP) is 4.39. The molecule has 1 heteroatoms. The van der Waals surface area contributed by atoms with Crippen LogP contribution in [0.1, 0.15) is 24.5 Å². The average Bonchev–Trinajstić information content (AvgIpc) is 2.41. The second kappa shape index (κ2) is 6.20. The number of benzene rings is 2. The third-order valence-corrected chi connectivity index (χ3v) is 3.45. The Bertz CT molecular complexity index is 495. The van der Waals surface area contributed by atoms with Gasteiger partial charge < -0.3 is 0 Å². The lowest BCUT2D eigenvalue weighted by molar-refractivity contribution is 0.327. The molecule has 0 spiro atoms. The minimum absolute atomic E-state index is 0.00252. The van der Waals surface area contributed by atoms with Crippen molar-refractivity contribution in [2.45, 2.75) is 26.2 Å². The monoisotopic (exact) mass is 249 g/mol. The number of hydrogen-bond acceptors (Lipinski definition) is 1. The molecule has 0 radical (unpaired) electrons. The van der Waals surface area contributed by atoms with Gasteiger partial charge in [0, 0.05) is 6.42 Å². The molecule has 0 aliphatic carbocycles. The van der Waals surface area contributed by atoms with Crippen molar-refractivity contribution in [3.63, 3.8) is 0 Å². The van der Waals surface area contributed by atoms with Crippen molar-refractivity contribution in [2.24, 2.45) is 5.41 Å². The largest absolute Gasteiger partial charge is 0.198 e. The maximum absolute atomic E-state index is 9.11. The van der Waals surface area contributed by atoms with E-state index in [1.165, 1.54) is 11.1 Å². The summed E-state index contributed by atoms with van der Waals surface area (Å²) in [5.41, 5.74) is 2.60. The van der Waals surface area contributed by atoms with Crippen LogP contribution in [0.3, 0.4) is 0 Å². The summed E-state index contributed by atoms with van der Waals surface area (Å²) in [4.78, 5) is 0. The van der Waals surface area contributed by atoms with E-state index in [2.05, 4.69) is 61.5 Å². The third kappa shape index (κ3) is 3.96. The Kier molecular flexibility index (Phi) is 4.36. The van der Waals surface area contributed by atoms with Gasteiger partial charge in [0.2, 0.25) is 0 Å². The SMILES string of the molecule is CC(CC#N)(Cc1ccccc1)Cc1ccccc1. The van der Waals surface area contributed by atoms with Crippen LogP contribution in [-0.4, -0.2) is 0 Å². The third-order valence-electron chi connectivity index (χ3n) is 3.45. The lowest BCUT2D eigenvalue weighted by atomic mass is 9.76. The maximum atomic E-state index is 9.11. The first-order valence-corrected chi connectivity index (χ1v) is 6.67. The quantitative estimate of drug-likeness (QED) is 0.771. The summed E-state index contributed by atoms with van der Waals surface area (Å²) in [5, 5.41) is 9.11. The minimum Gasteiger partial charge on any atom is -0.198 e. The lowest BCUT2D eigenvalue weighted by Gasteiger charge is -2.27. The van der Waals surface area contributed by atoms with E-state index in [0.29, 0.717) is 6.42 Å². The predicted molar refractivity (Wildman–Crippen MR) is 78.6 cm³/mol. The summed E-state index contributed by atoms with van der Waals surface area (Å²) in [7, 11) is 0.